The zero-order valence-electron chi connectivity index (χ0n) is 19.6. The molecule has 0 aromatic carbocycles. The molecule has 0 spiro atoms. The van der Waals surface area contributed by atoms with Gasteiger partial charge in [0.25, 0.3) is 0 Å². The van der Waals surface area contributed by atoms with Gasteiger partial charge in [-0.05, 0) is 50.4 Å². The van der Waals surface area contributed by atoms with E-state index in [0.29, 0.717) is 26.1 Å². The Balaban J connectivity index is 1.80. The summed E-state index contributed by atoms with van der Waals surface area (Å²) in [6, 6.07) is 0. The number of hydrogen-bond acceptors (Lipinski definition) is 6. The third kappa shape index (κ3) is 8.83. The van der Waals surface area contributed by atoms with Crippen LogP contribution in [0.1, 0.15) is 90.4 Å². The molecule has 4 atom stereocenters. The van der Waals surface area contributed by atoms with Crippen LogP contribution in [0, 0.1) is 11.8 Å². The van der Waals surface area contributed by atoms with Crippen molar-refractivity contribution in [1.82, 2.24) is 0 Å². The van der Waals surface area contributed by atoms with Gasteiger partial charge in [0, 0.05) is 19.3 Å². The molecule has 0 radical (unpaired) electrons. The molecule has 180 valence electrons. The number of ether oxygens (including phenoxy) is 3. The normalized spacial score (nSPS) is 27.9. The first kappa shape index (κ1) is 26.3. The maximum atomic E-state index is 11.2. The molecule has 1 aliphatic heterocycles. The minimum absolute atomic E-state index is 0.0508. The van der Waals surface area contributed by atoms with Gasteiger partial charge < -0.3 is 24.4 Å². The number of aliphatic hydroxyl groups is 2. The fourth-order valence-electron chi connectivity index (χ4n) is 5.04. The van der Waals surface area contributed by atoms with Crippen molar-refractivity contribution in [2.75, 3.05) is 20.3 Å². The Morgan fingerprint density at radius 2 is 1.71 bits per heavy atom. The van der Waals surface area contributed by atoms with E-state index in [9.17, 15) is 15.0 Å². The number of aliphatic hydroxyl groups excluding tert-OH is 2. The number of allylic oxidation sites excluding steroid dienone is 2. The summed E-state index contributed by atoms with van der Waals surface area (Å²) in [5.41, 5.74) is 0. The Bertz CT molecular complexity index is 528. The van der Waals surface area contributed by atoms with Crippen LogP contribution in [0.25, 0.3) is 0 Å². The second-order valence-corrected chi connectivity index (χ2v) is 9.18. The first-order valence-corrected chi connectivity index (χ1v) is 12.4. The average molecular weight is 441 g/mol. The molecule has 0 aromatic rings. The standard InChI is InChI=1S/C25H44O6/c1-3-4-5-8-11-15-25(30-17-18-31-25)16-14-21-20(22(26)19-23(21)27)12-9-6-7-10-13-24(28)29-2/h6,9,20-23,26-27H,3-5,7-8,10-19H2,1-2H3/b9-6-/t20-,21?,22?,23?/m1/s1. The Labute approximate surface area is 188 Å². The van der Waals surface area contributed by atoms with E-state index in [1.54, 1.807) is 0 Å². The highest BCUT2D eigenvalue weighted by atomic mass is 16.7. The lowest BCUT2D eigenvalue weighted by molar-refractivity contribution is -0.171. The molecular weight excluding hydrogens is 396 g/mol. The molecule has 2 fully saturated rings. The number of methoxy groups -OCH3 is 1. The third-order valence-electron chi connectivity index (χ3n) is 6.91. The fourth-order valence-corrected chi connectivity index (χ4v) is 5.04. The quantitative estimate of drug-likeness (QED) is 0.221. The van der Waals surface area contributed by atoms with Gasteiger partial charge in [-0.25, -0.2) is 0 Å². The molecule has 0 amide bonds. The van der Waals surface area contributed by atoms with Crippen LogP contribution in [0.4, 0.5) is 0 Å². The third-order valence-corrected chi connectivity index (χ3v) is 6.91. The molecule has 1 heterocycles. The van der Waals surface area contributed by atoms with E-state index >= 15 is 0 Å². The zero-order valence-corrected chi connectivity index (χ0v) is 19.6. The maximum absolute atomic E-state index is 11.2. The topological polar surface area (TPSA) is 85.2 Å². The summed E-state index contributed by atoms with van der Waals surface area (Å²) < 4.78 is 16.7. The number of esters is 1. The van der Waals surface area contributed by atoms with Gasteiger partial charge in [0.05, 0.1) is 32.5 Å². The van der Waals surface area contributed by atoms with Gasteiger partial charge in [-0.3, -0.25) is 4.79 Å². The summed E-state index contributed by atoms with van der Waals surface area (Å²) in [4.78, 5) is 11.2. The maximum Gasteiger partial charge on any atom is 0.305 e. The first-order valence-electron chi connectivity index (χ1n) is 12.4. The van der Waals surface area contributed by atoms with Crippen molar-refractivity contribution in [3.63, 3.8) is 0 Å². The molecule has 2 N–H and O–H groups in total. The van der Waals surface area contributed by atoms with E-state index in [1.165, 1.54) is 32.8 Å². The lowest BCUT2D eigenvalue weighted by Crippen LogP contribution is -2.33. The van der Waals surface area contributed by atoms with E-state index in [1.807, 2.05) is 0 Å². The van der Waals surface area contributed by atoms with Crippen LogP contribution in [0.3, 0.4) is 0 Å². The number of rotatable bonds is 15. The van der Waals surface area contributed by atoms with Crippen LogP contribution < -0.4 is 0 Å². The first-order chi connectivity index (χ1) is 15.0. The number of hydrogen-bond donors (Lipinski definition) is 2. The van der Waals surface area contributed by atoms with Crippen LogP contribution in [0.2, 0.25) is 0 Å². The van der Waals surface area contributed by atoms with Crippen molar-refractivity contribution < 1.29 is 29.2 Å². The Kier molecular flexibility index (Phi) is 12.1. The van der Waals surface area contributed by atoms with Crippen LogP contribution in [-0.2, 0) is 19.0 Å². The van der Waals surface area contributed by atoms with E-state index in [0.717, 1.165) is 44.9 Å². The van der Waals surface area contributed by atoms with Crippen molar-refractivity contribution in [2.24, 2.45) is 11.8 Å². The number of carbonyl (C=O) groups is 1. The predicted molar refractivity (Wildman–Crippen MR) is 120 cm³/mol. The van der Waals surface area contributed by atoms with E-state index in [2.05, 4.69) is 23.8 Å². The van der Waals surface area contributed by atoms with Crippen LogP contribution in [0.15, 0.2) is 12.2 Å². The minimum Gasteiger partial charge on any atom is -0.469 e. The van der Waals surface area contributed by atoms with Crippen molar-refractivity contribution in [3.8, 4) is 0 Å². The molecule has 1 saturated heterocycles. The molecule has 31 heavy (non-hydrogen) atoms. The summed E-state index contributed by atoms with van der Waals surface area (Å²) in [5, 5.41) is 21.1. The summed E-state index contributed by atoms with van der Waals surface area (Å²) in [6.45, 7) is 3.51. The van der Waals surface area contributed by atoms with Gasteiger partial charge in [-0.15, -0.1) is 0 Å². The van der Waals surface area contributed by atoms with Gasteiger partial charge in [-0.1, -0.05) is 44.8 Å². The Hall–Kier alpha value is -0.950. The van der Waals surface area contributed by atoms with Crippen LogP contribution in [0.5, 0.6) is 0 Å². The van der Waals surface area contributed by atoms with E-state index in [-0.39, 0.29) is 17.8 Å². The molecule has 1 aliphatic carbocycles. The highest BCUT2D eigenvalue weighted by molar-refractivity contribution is 5.69. The van der Waals surface area contributed by atoms with Crippen molar-refractivity contribution in [2.45, 2.75) is 108 Å². The van der Waals surface area contributed by atoms with Gasteiger partial charge in [0.15, 0.2) is 5.79 Å². The highest BCUT2D eigenvalue weighted by Gasteiger charge is 2.43. The summed E-state index contributed by atoms with van der Waals surface area (Å²) >= 11 is 0. The molecule has 2 rings (SSSR count). The SMILES string of the molecule is CCCCCCCC1(CCC2C(O)CC(O)[C@@H]2C/C=C\CCCC(=O)OC)OCCO1. The minimum atomic E-state index is -0.506. The van der Waals surface area contributed by atoms with E-state index in [4.69, 9.17) is 9.47 Å². The molecule has 6 heteroatoms. The predicted octanol–water partition coefficient (Wildman–Crippen LogP) is 4.52. The smallest absolute Gasteiger partial charge is 0.305 e. The molecule has 0 aromatic heterocycles. The van der Waals surface area contributed by atoms with Gasteiger partial charge in [-0.2, -0.15) is 0 Å². The summed E-state index contributed by atoms with van der Waals surface area (Å²) in [7, 11) is 1.41. The van der Waals surface area contributed by atoms with Gasteiger partial charge in [0.1, 0.15) is 0 Å². The Morgan fingerprint density at radius 1 is 1.00 bits per heavy atom. The van der Waals surface area contributed by atoms with Crippen molar-refractivity contribution in [3.05, 3.63) is 12.2 Å². The van der Waals surface area contributed by atoms with Crippen LogP contribution >= 0.6 is 0 Å². The van der Waals surface area contributed by atoms with Crippen molar-refractivity contribution in [1.29, 1.82) is 0 Å². The summed E-state index contributed by atoms with van der Waals surface area (Å²) in [5.74, 6) is -0.582. The molecule has 0 bridgehead atoms. The molecule has 2 aliphatic rings. The molecular formula is C25H44O6. The van der Waals surface area contributed by atoms with Crippen LogP contribution in [-0.4, -0.2) is 54.5 Å². The number of carbonyl (C=O) groups excluding carboxylic acids is 1. The van der Waals surface area contributed by atoms with Gasteiger partial charge in [0.2, 0.25) is 0 Å². The lowest BCUT2D eigenvalue weighted by atomic mass is 9.85. The zero-order chi connectivity index (χ0) is 22.5. The molecule has 3 unspecified atom stereocenters. The largest absolute Gasteiger partial charge is 0.469 e. The van der Waals surface area contributed by atoms with Gasteiger partial charge >= 0.3 is 5.97 Å². The number of unbranched alkanes of at least 4 members (excludes halogenated alkanes) is 5. The van der Waals surface area contributed by atoms with Crippen molar-refractivity contribution >= 4 is 5.97 Å². The Morgan fingerprint density at radius 3 is 2.42 bits per heavy atom. The molecule has 1 saturated carbocycles. The molecule has 6 nitrogen and oxygen atoms in total. The lowest BCUT2D eigenvalue weighted by Gasteiger charge is -2.31. The fraction of sp³-hybridized carbons (Fsp3) is 0.880. The average Bonchev–Trinajstić information content (AvgIpc) is 3.33. The highest BCUT2D eigenvalue weighted by Crippen LogP contribution is 2.41. The summed E-state index contributed by atoms with van der Waals surface area (Å²) in [6.07, 6.45) is 14.9. The monoisotopic (exact) mass is 440 g/mol. The van der Waals surface area contributed by atoms with E-state index < -0.39 is 18.0 Å². The second-order valence-electron chi connectivity index (χ2n) is 9.18. The second kappa shape index (κ2) is 14.2.